The second kappa shape index (κ2) is 5.26. The average molecular weight is 265 g/mol. The van der Waals surface area contributed by atoms with Gasteiger partial charge in [0.1, 0.15) is 10.8 Å². The number of amides is 1. The Kier molecular flexibility index (Phi) is 3.71. The third kappa shape index (κ3) is 2.73. The lowest BCUT2D eigenvalue weighted by atomic mass is 10.2. The monoisotopic (exact) mass is 265 g/mol. The van der Waals surface area contributed by atoms with E-state index in [1.54, 1.807) is 6.20 Å². The molecule has 6 nitrogen and oxygen atoms in total. The summed E-state index contributed by atoms with van der Waals surface area (Å²) in [7, 11) is 0. The van der Waals surface area contributed by atoms with Gasteiger partial charge in [-0.2, -0.15) is 0 Å². The van der Waals surface area contributed by atoms with Crippen molar-refractivity contribution >= 4 is 17.2 Å². The Hall–Kier alpha value is -1.76. The number of aromatic amines is 1. The van der Waals surface area contributed by atoms with E-state index < -0.39 is 0 Å². The number of carbonyl (C=O) groups is 1. The van der Waals surface area contributed by atoms with Crippen LogP contribution in [0.15, 0.2) is 11.6 Å². The van der Waals surface area contributed by atoms with Crippen molar-refractivity contribution in [3.63, 3.8) is 0 Å². The van der Waals surface area contributed by atoms with E-state index >= 15 is 0 Å². The summed E-state index contributed by atoms with van der Waals surface area (Å²) >= 11 is 1.50. The van der Waals surface area contributed by atoms with Crippen molar-refractivity contribution in [3.05, 3.63) is 28.2 Å². The van der Waals surface area contributed by atoms with Crippen LogP contribution in [0.5, 0.6) is 0 Å². The first-order valence-electron chi connectivity index (χ1n) is 5.70. The number of hydrogen-bond acceptors (Lipinski definition) is 5. The molecule has 7 heteroatoms. The molecule has 0 aromatic carbocycles. The molecule has 0 aliphatic carbocycles. The van der Waals surface area contributed by atoms with Gasteiger partial charge in [0.05, 0.1) is 6.04 Å². The van der Waals surface area contributed by atoms with Crippen molar-refractivity contribution in [2.45, 2.75) is 32.7 Å². The van der Waals surface area contributed by atoms with Crippen molar-refractivity contribution in [2.24, 2.45) is 0 Å². The molecule has 0 aliphatic rings. The van der Waals surface area contributed by atoms with Crippen LogP contribution in [0.4, 0.5) is 0 Å². The van der Waals surface area contributed by atoms with Crippen molar-refractivity contribution in [3.8, 4) is 0 Å². The Morgan fingerprint density at radius 2 is 2.22 bits per heavy atom. The maximum absolute atomic E-state index is 11.9. The van der Waals surface area contributed by atoms with Gasteiger partial charge in [-0.05, 0) is 6.92 Å². The van der Waals surface area contributed by atoms with Gasteiger partial charge in [-0.3, -0.25) is 9.89 Å². The Morgan fingerprint density at radius 3 is 2.78 bits per heavy atom. The molecule has 2 aromatic rings. The molecule has 0 aliphatic heterocycles. The average Bonchev–Trinajstić information content (AvgIpc) is 3.00. The van der Waals surface area contributed by atoms with Crippen LogP contribution in [-0.4, -0.2) is 26.1 Å². The Bertz CT molecular complexity index is 519. The first-order valence-corrected chi connectivity index (χ1v) is 6.58. The van der Waals surface area contributed by atoms with Crippen LogP contribution in [0.1, 0.15) is 54.2 Å². The summed E-state index contributed by atoms with van der Waals surface area (Å²) in [6.07, 6.45) is 1.71. The van der Waals surface area contributed by atoms with Crippen molar-refractivity contribution in [1.82, 2.24) is 25.5 Å². The Morgan fingerprint density at radius 1 is 1.44 bits per heavy atom. The number of H-pyrrole nitrogens is 1. The minimum absolute atomic E-state index is 0.140. The highest BCUT2D eigenvalue weighted by Gasteiger charge is 2.17. The third-order valence-electron chi connectivity index (χ3n) is 2.42. The second-order valence-electron chi connectivity index (χ2n) is 4.26. The van der Waals surface area contributed by atoms with E-state index in [0.717, 1.165) is 5.01 Å². The van der Waals surface area contributed by atoms with E-state index in [9.17, 15) is 4.79 Å². The van der Waals surface area contributed by atoms with Crippen LogP contribution in [-0.2, 0) is 0 Å². The normalized spacial score (nSPS) is 12.7. The standard InChI is InChI=1S/C11H15N5OS/c1-6(2)8-14-9(16-15-8)10(17)13-7(3)11-12-4-5-18-11/h4-7H,1-3H3,(H,13,17)(H,14,15,16). The topological polar surface area (TPSA) is 83.6 Å². The molecule has 1 unspecified atom stereocenters. The minimum atomic E-state index is -0.291. The summed E-state index contributed by atoms with van der Waals surface area (Å²) in [5.41, 5.74) is 0. The molecular weight excluding hydrogens is 250 g/mol. The van der Waals surface area contributed by atoms with Gasteiger partial charge < -0.3 is 5.32 Å². The zero-order valence-electron chi connectivity index (χ0n) is 10.5. The summed E-state index contributed by atoms with van der Waals surface area (Å²) in [4.78, 5) is 20.2. The summed E-state index contributed by atoms with van der Waals surface area (Å²) in [5, 5.41) is 12.2. The highest BCUT2D eigenvalue weighted by atomic mass is 32.1. The molecule has 0 saturated carbocycles. The largest absolute Gasteiger partial charge is 0.340 e. The first-order chi connectivity index (χ1) is 8.58. The number of thiazole rings is 1. The Balaban J connectivity index is 2.03. The molecule has 2 N–H and O–H groups in total. The van der Waals surface area contributed by atoms with Gasteiger partial charge in [0.2, 0.25) is 5.82 Å². The van der Waals surface area contributed by atoms with Crippen LogP contribution in [0.2, 0.25) is 0 Å². The maximum Gasteiger partial charge on any atom is 0.291 e. The molecule has 0 bridgehead atoms. The van der Waals surface area contributed by atoms with Crippen LogP contribution >= 0.6 is 11.3 Å². The smallest absolute Gasteiger partial charge is 0.291 e. The third-order valence-corrected chi connectivity index (χ3v) is 3.38. The van der Waals surface area contributed by atoms with Gasteiger partial charge in [0.25, 0.3) is 5.91 Å². The molecule has 0 fully saturated rings. The molecule has 2 aromatic heterocycles. The molecule has 1 amide bonds. The number of hydrogen-bond donors (Lipinski definition) is 2. The number of carbonyl (C=O) groups excluding carboxylic acids is 1. The Labute approximate surface area is 109 Å². The van der Waals surface area contributed by atoms with E-state index in [-0.39, 0.29) is 23.7 Å². The van der Waals surface area contributed by atoms with Gasteiger partial charge in [0.15, 0.2) is 0 Å². The predicted molar refractivity (Wildman–Crippen MR) is 68.5 cm³/mol. The summed E-state index contributed by atoms with van der Waals surface area (Å²) in [6, 6.07) is -0.140. The quantitative estimate of drug-likeness (QED) is 0.884. The molecule has 2 heterocycles. The summed E-state index contributed by atoms with van der Waals surface area (Å²) in [6.45, 7) is 5.85. The van der Waals surface area contributed by atoms with E-state index in [4.69, 9.17) is 0 Å². The van der Waals surface area contributed by atoms with Gasteiger partial charge in [-0.25, -0.2) is 9.97 Å². The van der Waals surface area contributed by atoms with Gasteiger partial charge in [-0.15, -0.1) is 16.4 Å². The predicted octanol–water partition coefficient (Wildman–Crippen LogP) is 1.88. The van der Waals surface area contributed by atoms with Crippen LogP contribution in [0.25, 0.3) is 0 Å². The highest BCUT2D eigenvalue weighted by Crippen LogP contribution is 2.15. The van der Waals surface area contributed by atoms with E-state index in [1.807, 2.05) is 26.2 Å². The zero-order valence-corrected chi connectivity index (χ0v) is 11.3. The molecule has 18 heavy (non-hydrogen) atoms. The fourth-order valence-corrected chi connectivity index (χ4v) is 2.05. The lowest BCUT2D eigenvalue weighted by Gasteiger charge is -2.08. The molecule has 0 radical (unpaired) electrons. The summed E-state index contributed by atoms with van der Waals surface area (Å²) in [5.74, 6) is 0.806. The molecular formula is C11H15N5OS. The molecule has 96 valence electrons. The van der Waals surface area contributed by atoms with Crippen LogP contribution in [0.3, 0.4) is 0 Å². The fraction of sp³-hybridized carbons (Fsp3) is 0.455. The fourth-order valence-electron chi connectivity index (χ4n) is 1.41. The van der Waals surface area contributed by atoms with E-state index in [1.165, 1.54) is 11.3 Å². The number of nitrogens with zero attached hydrogens (tertiary/aromatic N) is 3. The molecule has 2 rings (SSSR count). The molecule has 0 spiro atoms. The highest BCUT2D eigenvalue weighted by molar-refractivity contribution is 7.09. The van der Waals surface area contributed by atoms with Crippen molar-refractivity contribution in [1.29, 1.82) is 0 Å². The van der Waals surface area contributed by atoms with Gasteiger partial charge >= 0.3 is 0 Å². The number of rotatable bonds is 4. The lowest BCUT2D eigenvalue weighted by molar-refractivity contribution is 0.0929. The maximum atomic E-state index is 11.9. The van der Waals surface area contributed by atoms with Crippen LogP contribution < -0.4 is 5.32 Å². The van der Waals surface area contributed by atoms with Crippen molar-refractivity contribution in [2.75, 3.05) is 0 Å². The van der Waals surface area contributed by atoms with Crippen molar-refractivity contribution < 1.29 is 4.79 Å². The SMILES string of the molecule is CC(C)c1nc(C(=O)NC(C)c2nccs2)n[nH]1. The molecule has 1 atom stereocenters. The van der Waals surface area contributed by atoms with Gasteiger partial charge in [-0.1, -0.05) is 13.8 Å². The van der Waals surface area contributed by atoms with E-state index in [0.29, 0.717) is 5.82 Å². The lowest BCUT2D eigenvalue weighted by Crippen LogP contribution is -2.27. The number of aromatic nitrogens is 4. The van der Waals surface area contributed by atoms with E-state index in [2.05, 4.69) is 25.5 Å². The second-order valence-corrected chi connectivity index (χ2v) is 5.19. The zero-order chi connectivity index (χ0) is 13.1. The van der Waals surface area contributed by atoms with Crippen LogP contribution in [0, 0.1) is 0 Å². The van der Waals surface area contributed by atoms with Gasteiger partial charge in [0, 0.05) is 17.5 Å². The summed E-state index contributed by atoms with van der Waals surface area (Å²) < 4.78 is 0. The first kappa shape index (κ1) is 12.7. The number of nitrogens with one attached hydrogen (secondary N) is 2. The molecule has 0 saturated heterocycles. The minimum Gasteiger partial charge on any atom is -0.340 e.